The zero-order valence-corrected chi connectivity index (χ0v) is 8.36. The third kappa shape index (κ3) is 1.49. The maximum Gasteiger partial charge on any atom is 0.238 e. The first-order chi connectivity index (χ1) is 6.68. The average Bonchev–Trinajstić information content (AvgIpc) is 2.70. The molecule has 1 amide bonds. The van der Waals surface area contributed by atoms with E-state index in [1.165, 1.54) is 0 Å². The molecule has 1 aliphatic rings. The molecule has 0 N–H and O–H groups in total. The van der Waals surface area contributed by atoms with Crippen molar-refractivity contribution in [2.45, 2.75) is 32.7 Å². The van der Waals surface area contributed by atoms with E-state index in [1.807, 2.05) is 0 Å². The summed E-state index contributed by atoms with van der Waals surface area (Å²) in [5.74, 6) is 1.19. The fraction of sp³-hybridized carbons (Fsp3) is 0.667. The summed E-state index contributed by atoms with van der Waals surface area (Å²) >= 11 is 0. The third-order valence-corrected chi connectivity index (χ3v) is 2.48. The molecule has 0 unspecified atom stereocenters. The topological polar surface area (TPSA) is 59.2 Å². The molecule has 1 aromatic heterocycles. The van der Waals surface area contributed by atoms with E-state index >= 15 is 0 Å². The lowest BCUT2D eigenvalue weighted by atomic mass is 10.2. The Balaban J connectivity index is 2.21. The van der Waals surface area contributed by atoms with Gasteiger partial charge in [0.2, 0.25) is 17.7 Å². The van der Waals surface area contributed by atoms with E-state index in [0.29, 0.717) is 11.8 Å². The van der Waals surface area contributed by atoms with Gasteiger partial charge in [-0.05, 0) is 12.8 Å². The Morgan fingerprint density at radius 3 is 2.93 bits per heavy atom. The molecule has 1 aromatic rings. The van der Waals surface area contributed by atoms with E-state index in [-0.39, 0.29) is 11.9 Å². The SMILES string of the molecule is CC(=O)N1CCC[C@H]1c1nnc(C)o1. The predicted octanol–water partition coefficient (Wildman–Crippen LogP) is 1.06. The van der Waals surface area contributed by atoms with Gasteiger partial charge in [0.25, 0.3) is 0 Å². The number of aryl methyl sites for hydroxylation is 1. The quantitative estimate of drug-likeness (QED) is 0.672. The van der Waals surface area contributed by atoms with Crippen molar-refractivity contribution >= 4 is 5.91 Å². The number of nitrogens with zero attached hydrogens (tertiary/aromatic N) is 3. The Hall–Kier alpha value is -1.39. The standard InChI is InChI=1S/C9H13N3O2/c1-6-10-11-9(14-6)8-4-3-5-12(8)7(2)13/h8H,3-5H2,1-2H3/t8-/m0/s1. The Morgan fingerprint density at radius 1 is 1.57 bits per heavy atom. The van der Waals surface area contributed by atoms with Gasteiger partial charge in [0.05, 0.1) is 0 Å². The second-order valence-electron chi connectivity index (χ2n) is 3.53. The molecule has 0 aliphatic carbocycles. The van der Waals surface area contributed by atoms with Gasteiger partial charge in [0.1, 0.15) is 6.04 Å². The van der Waals surface area contributed by atoms with Gasteiger partial charge in [-0.2, -0.15) is 0 Å². The molecular weight excluding hydrogens is 182 g/mol. The van der Waals surface area contributed by atoms with E-state index < -0.39 is 0 Å². The van der Waals surface area contributed by atoms with Crippen LogP contribution in [0.5, 0.6) is 0 Å². The van der Waals surface area contributed by atoms with Crippen LogP contribution < -0.4 is 0 Å². The highest BCUT2D eigenvalue weighted by Gasteiger charge is 2.31. The minimum absolute atomic E-state index is 0.00583. The number of rotatable bonds is 1. The minimum atomic E-state index is -0.00583. The van der Waals surface area contributed by atoms with Crippen molar-refractivity contribution in [2.24, 2.45) is 0 Å². The van der Waals surface area contributed by atoms with Crippen LogP contribution in [0.3, 0.4) is 0 Å². The number of aromatic nitrogens is 2. The van der Waals surface area contributed by atoms with Crippen LogP contribution in [0.25, 0.3) is 0 Å². The molecule has 0 bridgehead atoms. The smallest absolute Gasteiger partial charge is 0.238 e. The highest BCUT2D eigenvalue weighted by Crippen LogP contribution is 2.30. The molecule has 76 valence electrons. The molecule has 0 spiro atoms. The van der Waals surface area contributed by atoms with Crippen LogP contribution >= 0.6 is 0 Å². The molecule has 1 atom stereocenters. The summed E-state index contributed by atoms with van der Waals surface area (Å²) in [5, 5.41) is 7.72. The maximum absolute atomic E-state index is 11.3. The summed E-state index contributed by atoms with van der Waals surface area (Å²) < 4.78 is 5.33. The van der Waals surface area contributed by atoms with Gasteiger partial charge in [0, 0.05) is 20.4 Å². The molecule has 0 radical (unpaired) electrons. The highest BCUT2D eigenvalue weighted by atomic mass is 16.4. The summed E-state index contributed by atoms with van der Waals surface area (Å²) in [6.45, 7) is 4.12. The lowest BCUT2D eigenvalue weighted by molar-refractivity contribution is -0.130. The molecule has 14 heavy (non-hydrogen) atoms. The Kier molecular flexibility index (Phi) is 2.23. The van der Waals surface area contributed by atoms with Crippen molar-refractivity contribution in [2.75, 3.05) is 6.54 Å². The summed E-state index contributed by atoms with van der Waals surface area (Å²) in [6.07, 6.45) is 1.92. The predicted molar refractivity (Wildman–Crippen MR) is 48.4 cm³/mol. The average molecular weight is 195 g/mol. The van der Waals surface area contributed by atoms with Gasteiger partial charge >= 0.3 is 0 Å². The van der Waals surface area contributed by atoms with Crippen LogP contribution in [0.15, 0.2) is 4.42 Å². The second kappa shape index (κ2) is 3.40. The molecule has 1 fully saturated rings. The lowest BCUT2D eigenvalue weighted by Crippen LogP contribution is -2.28. The zero-order chi connectivity index (χ0) is 10.1. The molecule has 0 aromatic carbocycles. The second-order valence-corrected chi connectivity index (χ2v) is 3.53. The molecule has 5 heteroatoms. The lowest BCUT2D eigenvalue weighted by Gasteiger charge is -2.19. The molecule has 1 aliphatic heterocycles. The van der Waals surface area contributed by atoms with Crippen molar-refractivity contribution in [3.8, 4) is 0 Å². The summed E-state index contributed by atoms with van der Waals surface area (Å²) in [6, 6.07) is -0.00583. The molecule has 2 rings (SSSR count). The zero-order valence-electron chi connectivity index (χ0n) is 8.36. The Bertz CT molecular complexity index is 348. The minimum Gasteiger partial charge on any atom is -0.423 e. The molecule has 0 saturated carbocycles. The molecule has 5 nitrogen and oxygen atoms in total. The number of hydrogen-bond acceptors (Lipinski definition) is 4. The summed E-state index contributed by atoms with van der Waals surface area (Å²) in [4.78, 5) is 13.1. The van der Waals surface area contributed by atoms with E-state index in [2.05, 4.69) is 10.2 Å². The first-order valence-electron chi connectivity index (χ1n) is 4.75. The van der Waals surface area contributed by atoms with E-state index in [4.69, 9.17) is 4.42 Å². The molecular formula is C9H13N3O2. The first-order valence-corrected chi connectivity index (χ1v) is 4.75. The van der Waals surface area contributed by atoms with Gasteiger partial charge in [-0.1, -0.05) is 0 Å². The van der Waals surface area contributed by atoms with Crippen molar-refractivity contribution in [3.05, 3.63) is 11.8 Å². The maximum atomic E-state index is 11.3. The van der Waals surface area contributed by atoms with Crippen molar-refractivity contribution < 1.29 is 9.21 Å². The van der Waals surface area contributed by atoms with E-state index in [9.17, 15) is 4.79 Å². The van der Waals surface area contributed by atoms with Crippen LogP contribution in [-0.2, 0) is 4.79 Å². The largest absolute Gasteiger partial charge is 0.423 e. The third-order valence-electron chi connectivity index (χ3n) is 2.48. The van der Waals surface area contributed by atoms with Gasteiger partial charge < -0.3 is 9.32 Å². The van der Waals surface area contributed by atoms with Crippen LogP contribution in [0.4, 0.5) is 0 Å². The Labute approximate surface area is 82.1 Å². The van der Waals surface area contributed by atoms with E-state index in [1.54, 1.807) is 18.7 Å². The van der Waals surface area contributed by atoms with Gasteiger partial charge in [-0.15, -0.1) is 10.2 Å². The summed E-state index contributed by atoms with van der Waals surface area (Å²) in [7, 11) is 0. The van der Waals surface area contributed by atoms with Gasteiger partial charge in [0.15, 0.2) is 0 Å². The number of carbonyl (C=O) groups is 1. The van der Waals surface area contributed by atoms with Gasteiger partial charge in [-0.25, -0.2) is 0 Å². The van der Waals surface area contributed by atoms with Crippen LogP contribution in [0, 0.1) is 6.92 Å². The number of carbonyl (C=O) groups excluding carboxylic acids is 1. The van der Waals surface area contributed by atoms with Crippen LogP contribution in [0.2, 0.25) is 0 Å². The fourth-order valence-electron chi connectivity index (χ4n) is 1.85. The van der Waals surface area contributed by atoms with Gasteiger partial charge in [-0.3, -0.25) is 4.79 Å². The Morgan fingerprint density at radius 2 is 2.36 bits per heavy atom. The monoisotopic (exact) mass is 195 g/mol. The number of hydrogen-bond donors (Lipinski definition) is 0. The fourth-order valence-corrected chi connectivity index (χ4v) is 1.85. The van der Waals surface area contributed by atoms with E-state index in [0.717, 1.165) is 19.4 Å². The first kappa shape index (κ1) is 9.18. The van der Waals surface area contributed by atoms with Crippen molar-refractivity contribution in [1.82, 2.24) is 15.1 Å². The van der Waals surface area contributed by atoms with Crippen molar-refractivity contribution in [3.63, 3.8) is 0 Å². The summed E-state index contributed by atoms with van der Waals surface area (Å²) in [5.41, 5.74) is 0. The number of likely N-dealkylation sites (tertiary alicyclic amines) is 1. The number of amides is 1. The molecule has 1 saturated heterocycles. The highest BCUT2D eigenvalue weighted by molar-refractivity contribution is 5.73. The normalized spacial score (nSPS) is 21.6. The van der Waals surface area contributed by atoms with Crippen LogP contribution in [0.1, 0.15) is 37.6 Å². The molecule has 2 heterocycles. The van der Waals surface area contributed by atoms with Crippen LogP contribution in [-0.4, -0.2) is 27.5 Å². The van der Waals surface area contributed by atoms with Crippen molar-refractivity contribution in [1.29, 1.82) is 0 Å².